The lowest BCUT2D eigenvalue weighted by molar-refractivity contribution is 0.0646. The molecule has 0 unspecified atom stereocenters. The summed E-state index contributed by atoms with van der Waals surface area (Å²) in [5.41, 5.74) is -0.0983. The Kier molecular flexibility index (Phi) is 3.91. The number of rotatable bonds is 2. The highest BCUT2D eigenvalue weighted by Gasteiger charge is 2.24. The summed E-state index contributed by atoms with van der Waals surface area (Å²) in [6, 6.07) is 2.97. The number of benzene rings is 1. The minimum absolute atomic E-state index is 0.0983. The van der Waals surface area contributed by atoms with Crippen LogP contribution in [0.2, 0.25) is 0 Å². The van der Waals surface area contributed by atoms with Gasteiger partial charge in [-0.2, -0.15) is 0 Å². The standard InChI is InChI=1S/C13H15F2NO2/c14-10-1-2-11(12(15)7-10)13(18)16-5-3-9(8-17)4-6-16/h1-2,7,9,17H,3-6,8H2. The molecule has 1 N–H and O–H groups in total. The second kappa shape index (κ2) is 5.44. The Morgan fingerprint density at radius 3 is 2.56 bits per heavy atom. The lowest BCUT2D eigenvalue weighted by atomic mass is 9.97. The smallest absolute Gasteiger partial charge is 0.256 e. The van der Waals surface area contributed by atoms with Crippen molar-refractivity contribution in [1.82, 2.24) is 4.90 Å². The highest BCUT2D eigenvalue weighted by atomic mass is 19.1. The van der Waals surface area contributed by atoms with Crippen LogP contribution < -0.4 is 0 Å². The van der Waals surface area contributed by atoms with E-state index in [1.54, 1.807) is 4.90 Å². The molecule has 0 radical (unpaired) electrons. The van der Waals surface area contributed by atoms with Gasteiger partial charge in [0.05, 0.1) is 5.56 Å². The number of nitrogens with zero attached hydrogens (tertiary/aromatic N) is 1. The van der Waals surface area contributed by atoms with Crippen LogP contribution in [0.3, 0.4) is 0 Å². The molecule has 5 heteroatoms. The monoisotopic (exact) mass is 255 g/mol. The van der Waals surface area contributed by atoms with Gasteiger partial charge in [0.15, 0.2) is 0 Å². The molecule has 1 heterocycles. The van der Waals surface area contributed by atoms with Crippen LogP contribution in [0.4, 0.5) is 8.78 Å². The van der Waals surface area contributed by atoms with Crippen molar-refractivity contribution in [2.24, 2.45) is 5.92 Å². The summed E-state index contributed by atoms with van der Waals surface area (Å²) in [6.45, 7) is 1.12. The normalized spacial score (nSPS) is 16.9. The van der Waals surface area contributed by atoms with E-state index in [1.807, 2.05) is 0 Å². The van der Waals surface area contributed by atoms with Gasteiger partial charge in [-0.3, -0.25) is 4.79 Å². The summed E-state index contributed by atoms with van der Waals surface area (Å²) >= 11 is 0. The minimum Gasteiger partial charge on any atom is -0.396 e. The largest absolute Gasteiger partial charge is 0.396 e. The molecule has 0 aliphatic carbocycles. The number of carbonyl (C=O) groups excluding carboxylic acids is 1. The summed E-state index contributed by atoms with van der Waals surface area (Å²) in [7, 11) is 0. The average Bonchev–Trinajstić information content (AvgIpc) is 2.38. The number of carbonyl (C=O) groups is 1. The number of hydrogen-bond acceptors (Lipinski definition) is 2. The summed E-state index contributed by atoms with van der Waals surface area (Å²) < 4.78 is 26.2. The van der Waals surface area contributed by atoms with Gasteiger partial charge in [0, 0.05) is 25.8 Å². The average molecular weight is 255 g/mol. The topological polar surface area (TPSA) is 40.5 Å². The Morgan fingerprint density at radius 1 is 1.33 bits per heavy atom. The Bertz CT molecular complexity index is 443. The highest BCUT2D eigenvalue weighted by molar-refractivity contribution is 5.94. The van der Waals surface area contributed by atoms with Gasteiger partial charge in [0.2, 0.25) is 0 Å². The molecule has 1 aromatic rings. The van der Waals surface area contributed by atoms with Crippen molar-refractivity contribution >= 4 is 5.91 Å². The Balaban J connectivity index is 2.08. The maximum Gasteiger partial charge on any atom is 0.256 e. The van der Waals surface area contributed by atoms with Crippen LogP contribution in [-0.2, 0) is 0 Å². The van der Waals surface area contributed by atoms with Gasteiger partial charge in [-0.15, -0.1) is 0 Å². The van der Waals surface area contributed by atoms with E-state index in [2.05, 4.69) is 0 Å². The summed E-state index contributed by atoms with van der Waals surface area (Å²) in [6.07, 6.45) is 1.43. The van der Waals surface area contributed by atoms with Crippen LogP contribution in [0.15, 0.2) is 18.2 Å². The maximum atomic E-state index is 13.5. The van der Waals surface area contributed by atoms with E-state index in [1.165, 1.54) is 6.07 Å². The van der Waals surface area contributed by atoms with Gasteiger partial charge in [-0.05, 0) is 30.9 Å². The third-order valence-electron chi connectivity index (χ3n) is 3.32. The Morgan fingerprint density at radius 2 is 2.00 bits per heavy atom. The fourth-order valence-corrected chi connectivity index (χ4v) is 2.15. The molecule has 0 aromatic heterocycles. The van der Waals surface area contributed by atoms with E-state index >= 15 is 0 Å². The van der Waals surface area contributed by atoms with Gasteiger partial charge in [0.1, 0.15) is 11.6 Å². The molecule has 3 nitrogen and oxygen atoms in total. The van der Waals surface area contributed by atoms with Gasteiger partial charge in [-0.1, -0.05) is 0 Å². The van der Waals surface area contributed by atoms with E-state index < -0.39 is 17.5 Å². The van der Waals surface area contributed by atoms with Crippen LogP contribution in [0.5, 0.6) is 0 Å². The summed E-state index contributed by atoms with van der Waals surface area (Å²) in [5, 5.41) is 9.00. The first-order valence-electron chi connectivity index (χ1n) is 5.97. The highest BCUT2D eigenvalue weighted by Crippen LogP contribution is 2.19. The molecule has 1 fully saturated rings. The zero-order chi connectivity index (χ0) is 13.1. The van der Waals surface area contributed by atoms with E-state index in [-0.39, 0.29) is 18.1 Å². The maximum absolute atomic E-state index is 13.5. The fourth-order valence-electron chi connectivity index (χ4n) is 2.15. The summed E-state index contributed by atoms with van der Waals surface area (Å²) in [4.78, 5) is 13.6. The fraction of sp³-hybridized carbons (Fsp3) is 0.462. The minimum atomic E-state index is -0.829. The van der Waals surface area contributed by atoms with Crippen molar-refractivity contribution in [1.29, 1.82) is 0 Å². The lowest BCUT2D eigenvalue weighted by Gasteiger charge is -2.31. The molecule has 1 amide bonds. The molecular weight excluding hydrogens is 240 g/mol. The first-order valence-corrected chi connectivity index (χ1v) is 5.97. The number of likely N-dealkylation sites (tertiary alicyclic amines) is 1. The molecule has 0 saturated carbocycles. The zero-order valence-corrected chi connectivity index (χ0v) is 9.90. The first kappa shape index (κ1) is 13.0. The second-order valence-corrected chi connectivity index (χ2v) is 4.54. The molecule has 0 spiro atoms. The van der Waals surface area contributed by atoms with E-state index in [4.69, 9.17) is 5.11 Å². The SMILES string of the molecule is O=C(c1ccc(F)cc1F)N1CCC(CO)CC1. The van der Waals surface area contributed by atoms with E-state index in [0.717, 1.165) is 6.07 Å². The molecule has 2 rings (SSSR count). The molecule has 1 saturated heterocycles. The third kappa shape index (κ3) is 2.67. The second-order valence-electron chi connectivity index (χ2n) is 4.54. The quantitative estimate of drug-likeness (QED) is 0.875. The molecule has 0 atom stereocenters. The summed E-state index contributed by atoms with van der Waals surface area (Å²) in [5.74, 6) is -1.72. The Hall–Kier alpha value is -1.49. The van der Waals surface area contributed by atoms with Crippen molar-refractivity contribution in [3.63, 3.8) is 0 Å². The third-order valence-corrected chi connectivity index (χ3v) is 3.32. The predicted octanol–water partition coefficient (Wildman–Crippen LogP) is 1.81. The predicted molar refractivity (Wildman–Crippen MR) is 62.1 cm³/mol. The van der Waals surface area contributed by atoms with Crippen LogP contribution in [0, 0.1) is 17.6 Å². The van der Waals surface area contributed by atoms with Gasteiger partial charge < -0.3 is 10.0 Å². The number of aliphatic hydroxyl groups excluding tert-OH is 1. The Labute approximate surface area is 104 Å². The van der Waals surface area contributed by atoms with E-state index in [9.17, 15) is 13.6 Å². The van der Waals surface area contributed by atoms with Crippen LogP contribution in [0.25, 0.3) is 0 Å². The molecule has 0 bridgehead atoms. The van der Waals surface area contributed by atoms with E-state index in [0.29, 0.717) is 32.0 Å². The molecule has 18 heavy (non-hydrogen) atoms. The van der Waals surface area contributed by atoms with Crippen LogP contribution in [-0.4, -0.2) is 35.6 Å². The van der Waals surface area contributed by atoms with Crippen molar-refractivity contribution in [2.45, 2.75) is 12.8 Å². The number of aliphatic hydroxyl groups is 1. The van der Waals surface area contributed by atoms with Crippen LogP contribution in [0.1, 0.15) is 23.2 Å². The molecular formula is C13H15F2NO2. The van der Waals surface area contributed by atoms with Gasteiger partial charge in [0.25, 0.3) is 5.91 Å². The van der Waals surface area contributed by atoms with Crippen molar-refractivity contribution in [3.05, 3.63) is 35.4 Å². The first-order chi connectivity index (χ1) is 8.61. The molecule has 1 aliphatic heterocycles. The van der Waals surface area contributed by atoms with Gasteiger partial charge in [-0.25, -0.2) is 8.78 Å². The van der Waals surface area contributed by atoms with Crippen molar-refractivity contribution in [3.8, 4) is 0 Å². The lowest BCUT2D eigenvalue weighted by Crippen LogP contribution is -2.39. The number of amides is 1. The van der Waals surface area contributed by atoms with Gasteiger partial charge >= 0.3 is 0 Å². The number of halogens is 2. The van der Waals surface area contributed by atoms with Crippen LogP contribution >= 0.6 is 0 Å². The number of piperidine rings is 1. The molecule has 1 aromatic carbocycles. The molecule has 1 aliphatic rings. The van der Waals surface area contributed by atoms with Crippen molar-refractivity contribution in [2.75, 3.05) is 19.7 Å². The van der Waals surface area contributed by atoms with Crippen molar-refractivity contribution < 1.29 is 18.7 Å². The molecule has 98 valence electrons. The number of hydrogen-bond donors (Lipinski definition) is 1. The zero-order valence-electron chi connectivity index (χ0n) is 9.90.